The highest BCUT2D eigenvalue weighted by Gasteiger charge is 2.10. The molecule has 0 unspecified atom stereocenters. The minimum Gasteiger partial charge on any atom is -0.494 e. The summed E-state index contributed by atoms with van der Waals surface area (Å²) in [7, 11) is 0. The molecule has 0 radical (unpaired) electrons. The summed E-state index contributed by atoms with van der Waals surface area (Å²) in [5, 5.41) is 3.30. The summed E-state index contributed by atoms with van der Waals surface area (Å²) in [6.07, 6.45) is 2.25. The average Bonchev–Trinajstić information content (AvgIpc) is 2.93. The van der Waals surface area contributed by atoms with Gasteiger partial charge in [-0.3, -0.25) is 0 Å². The third kappa shape index (κ3) is 3.32. The molecule has 0 fully saturated rings. The maximum Gasteiger partial charge on any atom is 0.129 e. The maximum atomic E-state index is 13.5. The molecule has 2 nitrogen and oxygen atoms in total. The Morgan fingerprint density at radius 2 is 2.00 bits per heavy atom. The van der Waals surface area contributed by atoms with Crippen molar-refractivity contribution in [2.24, 2.45) is 0 Å². The zero-order valence-corrected chi connectivity index (χ0v) is 11.7. The van der Waals surface area contributed by atoms with Gasteiger partial charge in [0, 0.05) is 18.3 Å². The van der Waals surface area contributed by atoms with Crippen LogP contribution in [0, 0.1) is 11.6 Å². The van der Waals surface area contributed by atoms with E-state index >= 15 is 0 Å². The first kappa shape index (κ1) is 13.9. The van der Waals surface area contributed by atoms with Crippen LogP contribution < -0.4 is 10.1 Å². The summed E-state index contributed by atoms with van der Waals surface area (Å²) in [4.78, 5) is 0. The molecule has 1 aliphatic heterocycles. The van der Waals surface area contributed by atoms with E-state index in [9.17, 15) is 8.78 Å². The first-order chi connectivity index (χ1) is 10.2. The topological polar surface area (TPSA) is 21.3 Å². The Hall–Kier alpha value is -2.10. The van der Waals surface area contributed by atoms with Crippen LogP contribution in [0.3, 0.4) is 0 Å². The third-order valence-corrected chi connectivity index (χ3v) is 3.66. The molecule has 2 aromatic carbocycles. The number of aryl methyl sites for hydroxylation is 1. The van der Waals surface area contributed by atoms with Crippen molar-refractivity contribution >= 4 is 5.69 Å². The van der Waals surface area contributed by atoms with Gasteiger partial charge in [-0.25, -0.2) is 8.78 Å². The van der Waals surface area contributed by atoms with Crippen LogP contribution in [0.4, 0.5) is 14.5 Å². The van der Waals surface area contributed by atoms with E-state index < -0.39 is 11.6 Å². The van der Waals surface area contributed by atoms with Crippen LogP contribution in [0.15, 0.2) is 36.4 Å². The monoisotopic (exact) mass is 289 g/mol. The second-order valence-corrected chi connectivity index (χ2v) is 5.18. The molecule has 1 heterocycles. The number of nitrogens with one attached hydrogen (secondary N) is 1. The van der Waals surface area contributed by atoms with Gasteiger partial charge in [-0.2, -0.15) is 0 Å². The predicted octanol–water partition coefficient (Wildman–Crippen LogP) is 3.94. The van der Waals surface area contributed by atoms with Gasteiger partial charge in [0.15, 0.2) is 0 Å². The quantitative estimate of drug-likeness (QED) is 0.842. The highest BCUT2D eigenvalue weighted by atomic mass is 19.1. The first-order valence-electron chi connectivity index (χ1n) is 7.16. The molecule has 0 spiro atoms. The molecular formula is C17H17F2NO. The largest absolute Gasteiger partial charge is 0.494 e. The lowest BCUT2D eigenvalue weighted by atomic mass is 10.1. The Kier molecular flexibility index (Phi) is 4.04. The van der Waals surface area contributed by atoms with Crippen LogP contribution in [0.1, 0.15) is 17.5 Å². The highest BCUT2D eigenvalue weighted by molar-refractivity contribution is 5.57. The molecule has 1 aliphatic rings. The van der Waals surface area contributed by atoms with E-state index in [2.05, 4.69) is 5.32 Å². The summed E-state index contributed by atoms with van der Waals surface area (Å²) in [6.45, 7) is 1.49. The molecule has 110 valence electrons. The number of anilines is 1. The summed E-state index contributed by atoms with van der Waals surface area (Å²) >= 11 is 0. The molecule has 0 atom stereocenters. The summed E-state index contributed by atoms with van der Waals surface area (Å²) in [5.74, 6) is -0.185. The number of ether oxygens (including phenoxy) is 1. The van der Waals surface area contributed by atoms with Crippen LogP contribution in [0.5, 0.6) is 5.75 Å². The fraction of sp³-hybridized carbons (Fsp3) is 0.294. The predicted molar refractivity (Wildman–Crippen MR) is 78.8 cm³/mol. The lowest BCUT2D eigenvalue weighted by molar-refractivity contribution is 0.310. The fourth-order valence-corrected chi connectivity index (χ4v) is 2.55. The van der Waals surface area contributed by atoms with Crippen LogP contribution in [-0.2, 0) is 12.8 Å². The number of fused-ring (bicyclic) bond motifs is 1. The van der Waals surface area contributed by atoms with E-state index in [0.29, 0.717) is 25.0 Å². The fourth-order valence-electron chi connectivity index (χ4n) is 2.55. The highest BCUT2D eigenvalue weighted by Crippen LogP contribution is 2.26. The lowest BCUT2D eigenvalue weighted by Gasteiger charge is -2.08. The van der Waals surface area contributed by atoms with Crippen molar-refractivity contribution in [3.63, 3.8) is 0 Å². The van der Waals surface area contributed by atoms with Crippen molar-refractivity contribution < 1.29 is 13.5 Å². The normalized spacial score (nSPS) is 12.9. The van der Waals surface area contributed by atoms with Crippen molar-refractivity contribution in [2.45, 2.75) is 19.3 Å². The zero-order chi connectivity index (χ0) is 14.7. The van der Waals surface area contributed by atoms with Gasteiger partial charge in [-0.05, 0) is 54.7 Å². The zero-order valence-electron chi connectivity index (χ0n) is 11.7. The molecule has 1 N–H and O–H groups in total. The Morgan fingerprint density at radius 3 is 2.86 bits per heavy atom. The molecule has 0 saturated heterocycles. The van der Waals surface area contributed by atoms with Crippen molar-refractivity contribution in [1.82, 2.24) is 0 Å². The van der Waals surface area contributed by atoms with Gasteiger partial charge >= 0.3 is 0 Å². The molecule has 0 aromatic heterocycles. The number of hydrogen-bond donors (Lipinski definition) is 1. The third-order valence-electron chi connectivity index (χ3n) is 3.66. The van der Waals surface area contributed by atoms with Crippen LogP contribution in [0.25, 0.3) is 0 Å². The van der Waals surface area contributed by atoms with Gasteiger partial charge in [-0.1, -0.05) is 6.07 Å². The van der Waals surface area contributed by atoms with Crippen molar-refractivity contribution in [1.29, 1.82) is 0 Å². The van der Waals surface area contributed by atoms with Crippen LogP contribution in [0.2, 0.25) is 0 Å². The molecule has 3 rings (SSSR count). The second kappa shape index (κ2) is 6.12. The minimum atomic E-state index is -0.542. The van der Waals surface area contributed by atoms with E-state index in [4.69, 9.17) is 4.74 Å². The molecule has 21 heavy (non-hydrogen) atoms. The molecule has 0 aliphatic carbocycles. The smallest absolute Gasteiger partial charge is 0.129 e. The SMILES string of the molecule is Fc1ccc(CCCOc2ccc3c(c2)CCN3)c(F)c1. The van der Waals surface area contributed by atoms with E-state index in [1.807, 2.05) is 18.2 Å². The van der Waals surface area contributed by atoms with Gasteiger partial charge in [-0.15, -0.1) is 0 Å². The van der Waals surface area contributed by atoms with E-state index in [1.165, 1.54) is 23.4 Å². The maximum absolute atomic E-state index is 13.5. The Bertz CT molecular complexity index is 643. The second-order valence-electron chi connectivity index (χ2n) is 5.18. The van der Waals surface area contributed by atoms with Gasteiger partial charge in [0.1, 0.15) is 17.4 Å². The molecule has 0 bridgehead atoms. The van der Waals surface area contributed by atoms with Gasteiger partial charge < -0.3 is 10.1 Å². The Balaban J connectivity index is 1.50. The lowest BCUT2D eigenvalue weighted by Crippen LogP contribution is -2.01. The number of halogens is 2. The number of benzene rings is 2. The van der Waals surface area contributed by atoms with Gasteiger partial charge in [0.05, 0.1) is 6.61 Å². The van der Waals surface area contributed by atoms with Crippen molar-refractivity contribution in [3.05, 3.63) is 59.2 Å². The minimum absolute atomic E-state index is 0.487. The van der Waals surface area contributed by atoms with Crippen LogP contribution >= 0.6 is 0 Å². The van der Waals surface area contributed by atoms with E-state index in [-0.39, 0.29) is 0 Å². The van der Waals surface area contributed by atoms with Crippen molar-refractivity contribution in [3.8, 4) is 5.75 Å². The Morgan fingerprint density at radius 1 is 1.10 bits per heavy atom. The molecule has 0 amide bonds. The van der Waals surface area contributed by atoms with E-state index in [1.54, 1.807) is 0 Å². The average molecular weight is 289 g/mol. The molecule has 2 aromatic rings. The molecule has 0 saturated carbocycles. The molecular weight excluding hydrogens is 272 g/mol. The van der Waals surface area contributed by atoms with Gasteiger partial charge in [0.2, 0.25) is 0 Å². The first-order valence-corrected chi connectivity index (χ1v) is 7.16. The Labute approximate surface area is 122 Å². The van der Waals surface area contributed by atoms with Gasteiger partial charge in [0.25, 0.3) is 0 Å². The summed E-state index contributed by atoms with van der Waals surface area (Å²) < 4.78 is 32.0. The number of hydrogen-bond acceptors (Lipinski definition) is 2. The number of rotatable bonds is 5. The standard InChI is InChI=1S/C17H17F2NO/c18-14-4-3-12(16(19)11-14)2-1-9-21-15-5-6-17-13(10-15)7-8-20-17/h3-6,10-11,20H,1-2,7-9H2. The van der Waals surface area contributed by atoms with Crippen molar-refractivity contribution in [2.75, 3.05) is 18.5 Å². The summed E-state index contributed by atoms with van der Waals surface area (Å²) in [6, 6.07) is 9.71. The van der Waals surface area contributed by atoms with Crippen LogP contribution in [-0.4, -0.2) is 13.2 Å². The molecule has 4 heteroatoms. The summed E-state index contributed by atoms with van der Waals surface area (Å²) in [5.41, 5.74) is 2.98. The van der Waals surface area contributed by atoms with E-state index in [0.717, 1.165) is 24.8 Å².